The summed E-state index contributed by atoms with van der Waals surface area (Å²) < 4.78 is 40.0. The summed E-state index contributed by atoms with van der Waals surface area (Å²) in [5, 5.41) is 0.979. The second-order valence-electron chi connectivity index (χ2n) is 7.38. The summed E-state index contributed by atoms with van der Waals surface area (Å²) in [4.78, 5) is 22.2. The van der Waals surface area contributed by atoms with Gasteiger partial charge in [0, 0.05) is 17.8 Å². The van der Waals surface area contributed by atoms with Gasteiger partial charge < -0.3 is 9.47 Å². The first-order valence-corrected chi connectivity index (χ1v) is 12.6. The fraction of sp³-hybridized carbons (Fsp3) is 0.125. The Balaban J connectivity index is 1.65. The standard InChI is InChI=1S/C24H21BrN4O5S/c1-29(24(30)34-15-16-8-4-3-5-9-16)19-12-6-11-18-17(19)10-7-13-20(18)35(31,32)28-22-23(33-2)27-21(25)14-26-22/h3-14H,15H2,1-2H3,(H,26,28). The van der Waals surface area contributed by atoms with Gasteiger partial charge in [0.2, 0.25) is 5.82 Å². The lowest BCUT2D eigenvalue weighted by Crippen LogP contribution is -2.27. The molecule has 3 aromatic carbocycles. The Morgan fingerprint density at radius 3 is 2.49 bits per heavy atom. The maximum absolute atomic E-state index is 13.3. The van der Waals surface area contributed by atoms with Crippen LogP contribution in [0.2, 0.25) is 0 Å². The second kappa shape index (κ2) is 10.3. The van der Waals surface area contributed by atoms with Crippen LogP contribution in [0, 0.1) is 0 Å². The van der Waals surface area contributed by atoms with Gasteiger partial charge in [-0.05, 0) is 33.6 Å². The van der Waals surface area contributed by atoms with Crippen molar-refractivity contribution < 1.29 is 22.7 Å². The van der Waals surface area contributed by atoms with Crippen molar-refractivity contribution in [2.75, 3.05) is 23.8 Å². The number of methoxy groups -OCH3 is 1. The molecule has 0 aliphatic carbocycles. The van der Waals surface area contributed by atoms with Gasteiger partial charge in [-0.25, -0.2) is 23.2 Å². The molecule has 35 heavy (non-hydrogen) atoms. The quantitative estimate of drug-likeness (QED) is 0.342. The van der Waals surface area contributed by atoms with E-state index in [0.29, 0.717) is 21.1 Å². The van der Waals surface area contributed by atoms with Crippen LogP contribution in [0.3, 0.4) is 0 Å². The molecule has 1 aromatic heterocycles. The lowest BCUT2D eigenvalue weighted by atomic mass is 10.1. The van der Waals surface area contributed by atoms with Gasteiger partial charge >= 0.3 is 6.09 Å². The van der Waals surface area contributed by atoms with Crippen molar-refractivity contribution in [1.82, 2.24) is 9.97 Å². The number of aromatic nitrogens is 2. The van der Waals surface area contributed by atoms with Crippen LogP contribution < -0.4 is 14.4 Å². The molecule has 9 nitrogen and oxygen atoms in total. The van der Waals surface area contributed by atoms with Gasteiger partial charge in [-0.1, -0.05) is 54.6 Å². The predicted octanol–water partition coefficient (Wildman–Crippen LogP) is 4.97. The van der Waals surface area contributed by atoms with E-state index in [-0.39, 0.29) is 23.2 Å². The van der Waals surface area contributed by atoms with Crippen LogP contribution in [0.15, 0.2) is 82.4 Å². The number of sulfonamides is 1. The molecule has 0 unspecified atom stereocenters. The number of fused-ring (bicyclic) bond motifs is 1. The Bertz CT molecular complexity index is 1480. The molecule has 4 rings (SSSR count). The number of nitrogens with zero attached hydrogens (tertiary/aromatic N) is 3. The Morgan fingerprint density at radius 1 is 1.03 bits per heavy atom. The molecule has 0 aliphatic rings. The van der Waals surface area contributed by atoms with Gasteiger partial charge in [-0.15, -0.1) is 0 Å². The summed E-state index contributed by atoms with van der Waals surface area (Å²) in [6, 6.07) is 19.2. The zero-order chi connectivity index (χ0) is 25.0. The van der Waals surface area contributed by atoms with Crippen molar-refractivity contribution >= 4 is 54.3 Å². The van der Waals surface area contributed by atoms with E-state index in [4.69, 9.17) is 9.47 Å². The third-order valence-electron chi connectivity index (χ3n) is 5.12. The number of halogens is 1. The second-order valence-corrected chi connectivity index (χ2v) is 9.85. The van der Waals surface area contributed by atoms with E-state index in [1.807, 2.05) is 30.3 Å². The largest absolute Gasteiger partial charge is 0.478 e. The minimum atomic E-state index is -4.08. The number of carbonyl (C=O) groups excluding carboxylic acids is 1. The number of hydrogen-bond donors (Lipinski definition) is 1. The van der Waals surface area contributed by atoms with Gasteiger partial charge in [0.15, 0.2) is 0 Å². The number of carbonyl (C=O) groups is 1. The predicted molar refractivity (Wildman–Crippen MR) is 136 cm³/mol. The van der Waals surface area contributed by atoms with Crippen molar-refractivity contribution in [2.24, 2.45) is 0 Å². The number of nitrogens with one attached hydrogen (secondary N) is 1. The third-order valence-corrected chi connectivity index (χ3v) is 6.90. The average Bonchev–Trinajstić information content (AvgIpc) is 2.87. The Labute approximate surface area is 210 Å². The van der Waals surface area contributed by atoms with Crippen LogP contribution in [-0.4, -0.2) is 38.6 Å². The Morgan fingerprint density at radius 2 is 1.74 bits per heavy atom. The molecular formula is C24H21BrN4O5S. The van der Waals surface area contributed by atoms with E-state index in [2.05, 4.69) is 30.6 Å². The van der Waals surface area contributed by atoms with Crippen molar-refractivity contribution in [3.63, 3.8) is 0 Å². The molecule has 180 valence electrons. The smallest absolute Gasteiger partial charge is 0.414 e. The molecule has 0 fully saturated rings. The molecule has 11 heteroatoms. The first-order valence-electron chi connectivity index (χ1n) is 10.4. The van der Waals surface area contributed by atoms with Crippen molar-refractivity contribution in [2.45, 2.75) is 11.5 Å². The summed E-state index contributed by atoms with van der Waals surface area (Å²) in [7, 11) is -1.14. The molecule has 1 heterocycles. The molecule has 0 radical (unpaired) electrons. The SMILES string of the molecule is COc1nc(Br)cnc1NS(=O)(=O)c1cccc2c(N(C)C(=O)OCc3ccccc3)cccc12. The van der Waals surface area contributed by atoms with E-state index >= 15 is 0 Å². The minimum absolute atomic E-state index is 0.00896. The highest BCUT2D eigenvalue weighted by Crippen LogP contribution is 2.32. The number of benzene rings is 3. The van der Waals surface area contributed by atoms with Crippen molar-refractivity contribution in [3.8, 4) is 5.88 Å². The Kier molecular flexibility index (Phi) is 7.17. The van der Waals surface area contributed by atoms with Crippen LogP contribution in [0.25, 0.3) is 10.8 Å². The van der Waals surface area contributed by atoms with Crippen LogP contribution in [0.5, 0.6) is 5.88 Å². The van der Waals surface area contributed by atoms with E-state index < -0.39 is 16.1 Å². The van der Waals surface area contributed by atoms with Gasteiger partial charge in [0.25, 0.3) is 15.9 Å². The highest BCUT2D eigenvalue weighted by atomic mass is 79.9. The molecule has 0 aliphatic heterocycles. The molecule has 0 saturated carbocycles. The first-order chi connectivity index (χ1) is 16.8. The summed E-state index contributed by atoms with van der Waals surface area (Å²) in [6.45, 7) is 0.119. The normalized spacial score (nSPS) is 11.2. The number of rotatable bonds is 7. The first kappa shape index (κ1) is 24.4. The van der Waals surface area contributed by atoms with Crippen molar-refractivity contribution in [1.29, 1.82) is 0 Å². The average molecular weight is 557 g/mol. The van der Waals surface area contributed by atoms with Crippen LogP contribution >= 0.6 is 15.9 Å². The third kappa shape index (κ3) is 5.36. The molecule has 0 saturated heterocycles. The summed E-state index contributed by atoms with van der Waals surface area (Å²) in [5.41, 5.74) is 1.36. The molecule has 1 N–H and O–H groups in total. The number of ether oxygens (including phenoxy) is 2. The van der Waals surface area contributed by atoms with Gasteiger partial charge in [-0.2, -0.15) is 0 Å². The molecule has 0 bridgehead atoms. The number of anilines is 2. The van der Waals surface area contributed by atoms with Gasteiger partial charge in [0.1, 0.15) is 11.2 Å². The minimum Gasteiger partial charge on any atom is -0.478 e. The van der Waals surface area contributed by atoms with Gasteiger partial charge in [0.05, 0.1) is 23.9 Å². The number of hydrogen-bond acceptors (Lipinski definition) is 7. The van der Waals surface area contributed by atoms with E-state index in [9.17, 15) is 13.2 Å². The highest BCUT2D eigenvalue weighted by Gasteiger charge is 2.23. The summed E-state index contributed by atoms with van der Waals surface area (Å²) in [5.74, 6) is -0.0322. The van der Waals surface area contributed by atoms with Crippen LogP contribution in [-0.2, 0) is 21.4 Å². The highest BCUT2D eigenvalue weighted by molar-refractivity contribution is 9.10. The monoisotopic (exact) mass is 556 g/mol. The van der Waals surface area contributed by atoms with Crippen LogP contribution in [0.4, 0.5) is 16.3 Å². The Hall–Kier alpha value is -3.70. The van der Waals surface area contributed by atoms with Crippen LogP contribution in [0.1, 0.15) is 5.56 Å². The number of amides is 1. The molecule has 4 aromatic rings. The fourth-order valence-corrected chi connectivity index (χ4v) is 4.95. The van der Waals surface area contributed by atoms with E-state index in [1.54, 1.807) is 37.4 Å². The maximum atomic E-state index is 13.3. The summed E-state index contributed by atoms with van der Waals surface area (Å²) in [6.07, 6.45) is 0.792. The van der Waals surface area contributed by atoms with E-state index in [0.717, 1.165) is 5.56 Å². The zero-order valence-electron chi connectivity index (χ0n) is 18.8. The maximum Gasteiger partial charge on any atom is 0.414 e. The van der Waals surface area contributed by atoms with Gasteiger partial charge in [-0.3, -0.25) is 9.62 Å². The fourth-order valence-electron chi connectivity index (χ4n) is 3.45. The molecular weight excluding hydrogens is 536 g/mol. The lowest BCUT2D eigenvalue weighted by Gasteiger charge is -2.20. The molecule has 0 spiro atoms. The van der Waals surface area contributed by atoms with E-state index in [1.165, 1.54) is 24.3 Å². The van der Waals surface area contributed by atoms with Crippen molar-refractivity contribution in [3.05, 3.63) is 83.1 Å². The zero-order valence-corrected chi connectivity index (χ0v) is 21.2. The topological polar surface area (TPSA) is 111 Å². The molecule has 1 amide bonds. The molecule has 0 atom stereocenters. The summed E-state index contributed by atoms with van der Waals surface area (Å²) >= 11 is 3.18. The lowest BCUT2D eigenvalue weighted by molar-refractivity contribution is 0.148.